The molecule has 0 aromatic carbocycles. The Hall–Kier alpha value is -0.610. The van der Waals surface area contributed by atoms with Crippen LogP contribution in [0.15, 0.2) is 0 Å². The number of amides is 1. The molecule has 4 heteroatoms. The van der Waals surface area contributed by atoms with Crippen molar-refractivity contribution in [3.8, 4) is 0 Å². The van der Waals surface area contributed by atoms with E-state index in [4.69, 9.17) is 4.74 Å². The van der Waals surface area contributed by atoms with Crippen molar-refractivity contribution >= 4 is 5.91 Å². The van der Waals surface area contributed by atoms with Gasteiger partial charge in [0.1, 0.15) is 0 Å². The number of rotatable bonds is 5. The SMILES string of the molecule is CCCC1NC2(CCCC2)C(=O)N1CC(C)(C)OC. The molecule has 1 spiro atoms. The van der Waals surface area contributed by atoms with Crippen LogP contribution in [-0.4, -0.2) is 41.8 Å². The summed E-state index contributed by atoms with van der Waals surface area (Å²) in [5.41, 5.74) is -0.545. The summed E-state index contributed by atoms with van der Waals surface area (Å²) in [6.45, 7) is 6.93. The Kier molecular flexibility index (Phi) is 4.21. The van der Waals surface area contributed by atoms with Crippen LogP contribution >= 0.6 is 0 Å². The van der Waals surface area contributed by atoms with Crippen LogP contribution in [0.3, 0.4) is 0 Å². The van der Waals surface area contributed by atoms with Gasteiger partial charge in [0.25, 0.3) is 0 Å². The molecule has 1 unspecified atom stereocenters. The Morgan fingerprint density at radius 3 is 2.58 bits per heavy atom. The molecule has 1 heterocycles. The van der Waals surface area contributed by atoms with Crippen LogP contribution in [0.5, 0.6) is 0 Å². The van der Waals surface area contributed by atoms with Crippen LogP contribution < -0.4 is 5.32 Å². The standard InChI is InChI=1S/C15H28N2O2/c1-5-8-12-16-15(9-6-7-10-15)13(18)17(12)11-14(2,3)19-4/h12,16H,5-11H2,1-4H3. The number of ether oxygens (including phenoxy) is 1. The fourth-order valence-corrected chi connectivity index (χ4v) is 3.37. The molecule has 19 heavy (non-hydrogen) atoms. The van der Waals surface area contributed by atoms with Gasteiger partial charge >= 0.3 is 0 Å². The van der Waals surface area contributed by atoms with Crippen LogP contribution in [0.1, 0.15) is 59.3 Å². The van der Waals surface area contributed by atoms with E-state index in [0.717, 1.165) is 25.7 Å². The first kappa shape index (κ1) is 14.8. The Labute approximate surface area is 116 Å². The lowest BCUT2D eigenvalue weighted by Gasteiger charge is -2.32. The Morgan fingerprint density at radius 1 is 1.42 bits per heavy atom. The normalized spacial score (nSPS) is 26.6. The fraction of sp³-hybridized carbons (Fsp3) is 0.933. The van der Waals surface area contributed by atoms with Crippen LogP contribution in [-0.2, 0) is 9.53 Å². The molecule has 110 valence electrons. The summed E-state index contributed by atoms with van der Waals surface area (Å²) in [6.07, 6.45) is 6.62. The first-order valence-electron chi connectivity index (χ1n) is 7.58. The third-order valence-electron chi connectivity index (χ3n) is 4.61. The molecule has 4 nitrogen and oxygen atoms in total. The zero-order valence-corrected chi connectivity index (χ0v) is 12.8. The van der Waals surface area contributed by atoms with Gasteiger partial charge in [0, 0.05) is 7.11 Å². The summed E-state index contributed by atoms with van der Waals surface area (Å²) in [5, 5.41) is 3.63. The quantitative estimate of drug-likeness (QED) is 0.831. The second kappa shape index (κ2) is 5.41. The van der Waals surface area contributed by atoms with E-state index in [9.17, 15) is 4.79 Å². The maximum atomic E-state index is 12.8. The topological polar surface area (TPSA) is 41.6 Å². The minimum atomic E-state index is -0.284. The van der Waals surface area contributed by atoms with Crippen LogP contribution in [0.4, 0.5) is 0 Å². The molecule has 0 aromatic rings. The summed E-state index contributed by atoms with van der Waals surface area (Å²) in [7, 11) is 1.72. The predicted octanol–water partition coefficient (Wildman–Crippen LogP) is 2.28. The van der Waals surface area contributed by atoms with Gasteiger partial charge in [-0.3, -0.25) is 10.1 Å². The van der Waals surface area contributed by atoms with Gasteiger partial charge in [-0.15, -0.1) is 0 Å². The van der Waals surface area contributed by atoms with E-state index in [0.29, 0.717) is 12.5 Å². The van der Waals surface area contributed by atoms with Crippen molar-refractivity contribution in [3.63, 3.8) is 0 Å². The monoisotopic (exact) mass is 268 g/mol. The maximum Gasteiger partial charge on any atom is 0.244 e. The molecule has 1 atom stereocenters. The van der Waals surface area contributed by atoms with Crippen LogP contribution in [0.25, 0.3) is 0 Å². The third-order valence-corrected chi connectivity index (χ3v) is 4.61. The average Bonchev–Trinajstić information content (AvgIpc) is 2.92. The minimum absolute atomic E-state index is 0.185. The lowest BCUT2D eigenvalue weighted by molar-refractivity contribution is -0.136. The van der Waals surface area contributed by atoms with Gasteiger partial charge in [0.05, 0.1) is 23.9 Å². The lowest BCUT2D eigenvalue weighted by Crippen LogP contribution is -2.47. The number of methoxy groups -OCH3 is 1. The van der Waals surface area contributed by atoms with Gasteiger partial charge in [-0.2, -0.15) is 0 Å². The number of carbonyl (C=O) groups is 1. The summed E-state index contributed by atoms with van der Waals surface area (Å²) >= 11 is 0. The molecule has 0 radical (unpaired) electrons. The van der Waals surface area contributed by atoms with Crippen molar-refractivity contribution in [2.75, 3.05) is 13.7 Å². The fourth-order valence-electron chi connectivity index (χ4n) is 3.37. The second-order valence-electron chi connectivity index (χ2n) is 6.63. The molecule has 2 fully saturated rings. The van der Waals surface area contributed by atoms with Crippen molar-refractivity contribution in [1.82, 2.24) is 10.2 Å². The third kappa shape index (κ3) is 2.79. The highest BCUT2D eigenvalue weighted by Crippen LogP contribution is 2.37. The molecule has 0 aromatic heterocycles. The predicted molar refractivity (Wildman–Crippen MR) is 75.8 cm³/mol. The lowest BCUT2D eigenvalue weighted by atomic mass is 9.97. The molecular weight excluding hydrogens is 240 g/mol. The minimum Gasteiger partial charge on any atom is -0.377 e. The zero-order chi connectivity index (χ0) is 14.1. The molecule has 1 aliphatic heterocycles. The first-order valence-corrected chi connectivity index (χ1v) is 7.58. The van der Waals surface area contributed by atoms with E-state index in [1.807, 2.05) is 18.7 Å². The molecule has 0 bridgehead atoms. The molecule has 1 amide bonds. The zero-order valence-electron chi connectivity index (χ0n) is 12.8. The number of nitrogens with one attached hydrogen (secondary N) is 1. The van der Waals surface area contributed by atoms with Gasteiger partial charge in [-0.25, -0.2) is 0 Å². The number of carbonyl (C=O) groups excluding carboxylic acids is 1. The highest BCUT2D eigenvalue weighted by atomic mass is 16.5. The molecule has 1 aliphatic carbocycles. The van der Waals surface area contributed by atoms with Gasteiger partial charge < -0.3 is 9.64 Å². The summed E-state index contributed by atoms with van der Waals surface area (Å²) < 4.78 is 5.50. The van der Waals surface area contributed by atoms with E-state index in [2.05, 4.69) is 12.2 Å². The van der Waals surface area contributed by atoms with Crippen molar-refractivity contribution < 1.29 is 9.53 Å². The summed E-state index contributed by atoms with van der Waals surface area (Å²) in [5.74, 6) is 0.300. The smallest absolute Gasteiger partial charge is 0.244 e. The van der Waals surface area contributed by atoms with Crippen LogP contribution in [0.2, 0.25) is 0 Å². The number of nitrogens with zero attached hydrogens (tertiary/aromatic N) is 1. The molecule has 1 saturated heterocycles. The van der Waals surface area contributed by atoms with Gasteiger partial charge in [0.2, 0.25) is 5.91 Å². The average molecular weight is 268 g/mol. The van der Waals surface area contributed by atoms with Gasteiger partial charge in [-0.05, 0) is 33.1 Å². The Balaban J connectivity index is 2.16. The van der Waals surface area contributed by atoms with E-state index < -0.39 is 0 Å². The molecule has 1 saturated carbocycles. The Bertz CT molecular complexity index is 335. The van der Waals surface area contributed by atoms with E-state index in [1.54, 1.807) is 7.11 Å². The maximum absolute atomic E-state index is 12.8. The molecule has 1 N–H and O–H groups in total. The highest BCUT2D eigenvalue weighted by molar-refractivity contribution is 5.89. The molecule has 2 aliphatic rings. The van der Waals surface area contributed by atoms with E-state index in [-0.39, 0.29) is 17.3 Å². The Morgan fingerprint density at radius 2 is 2.05 bits per heavy atom. The van der Waals surface area contributed by atoms with Gasteiger partial charge in [-0.1, -0.05) is 26.2 Å². The summed E-state index contributed by atoms with van der Waals surface area (Å²) in [4.78, 5) is 14.8. The van der Waals surface area contributed by atoms with Crippen molar-refractivity contribution in [2.45, 2.75) is 76.6 Å². The van der Waals surface area contributed by atoms with E-state index >= 15 is 0 Å². The first-order chi connectivity index (χ1) is 8.94. The molecule has 2 rings (SSSR count). The van der Waals surface area contributed by atoms with Crippen molar-refractivity contribution in [1.29, 1.82) is 0 Å². The van der Waals surface area contributed by atoms with Gasteiger partial charge in [0.15, 0.2) is 0 Å². The largest absolute Gasteiger partial charge is 0.377 e. The molecular formula is C15H28N2O2. The summed E-state index contributed by atoms with van der Waals surface area (Å²) in [6, 6.07) is 0. The number of hydrogen-bond acceptors (Lipinski definition) is 3. The van der Waals surface area contributed by atoms with Crippen molar-refractivity contribution in [3.05, 3.63) is 0 Å². The second-order valence-corrected chi connectivity index (χ2v) is 6.63. The highest BCUT2D eigenvalue weighted by Gasteiger charge is 2.52. The number of hydrogen-bond donors (Lipinski definition) is 1. The van der Waals surface area contributed by atoms with Crippen LogP contribution in [0, 0.1) is 0 Å². The van der Waals surface area contributed by atoms with E-state index in [1.165, 1.54) is 12.8 Å². The van der Waals surface area contributed by atoms with Crippen molar-refractivity contribution in [2.24, 2.45) is 0 Å².